The summed E-state index contributed by atoms with van der Waals surface area (Å²) in [5.74, 6) is 1.86. The zero-order chi connectivity index (χ0) is 8.55. The average molecular weight is 178 g/mol. The first-order chi connectivity index (χ1) is 5.85. The third-order valence-corrected chi connectivity index (χ3v) is 3.87. The molecule has 1 aliphatic carbocycles. The summed E-state index contributed by atoms with van der Waals surface area (Å²) < 4.78 is 0. The molecule has 1 aromatic rings. The topological polar surface area (TPSA) is 0 Å². The van der Waals surface area contributed by atoms with Gasteiger partial charge in [-0.05, 0) is 30.4 Å². The largest absolute Gasteiger partial charge is 0.141 e. The Labute approximate surface area is 77.9 Å². The van der Waals surface area contributed by atoms with E-state index in [1.807, 2.05) is 17.4 Å². The van der Waals surface area contributed by atoms with Crippen molar-refractivity contribution < 1.29 is 0 Å². The van der Waals surface area contributed by atoms with Crippen LogP contribution in [-0.2, 0) is 0 Å². The molecule has 0 amide bonds. The van der Waals surface area contributed by atoms with Crippen LogP contribution in [0.1, 0.15) is 35.4 Å². The van der Waals surface area contributed by atoms with Crippen LogP contribution in [0, 0.1) is 5.92 Å². The highest BCUT2D eigenvalue weighted by molar-refractivity contribution is 7.13. The number of thiophene rings is 1. The van der Waals surface area contributed by atoms with E-state index in [1.54, 1.807) is 4.88 Å². The predicted molar refractivity (Wildman–Crippen MR) is 55.5 cm³/mol. The van der Waals surface area contributed by atoms with E-state index in [4.69, 9.17) is 0 Å². The van der Waals surface area contributed by atoms with Gasteiger partial charge in [0.1, 0.15) is 0 Å². The Morgan fingerprint density at radius 2 is 2.50 bits per heavy atom. The fraction of sp³-hybridized carbons (Fsp3) is 0.455. The summed E-state index contributed by atoms with van der Waals surface area (Å²) >= 11 is 1.90. The van der Waals surface area contributed by atoms with E-state index in [-0.39, 0.29) is 0 Å². The highest BCUT2D eigenvalue weighted by atomic mass is 32.1. The lowest BCUT2D eigenvalue weighted by Crippen LogP contribution is -1.74. The minimum atomic E-state index is 0.883. The molecule has 2 atom stereocenters. The quantitative estimate of drug-likeness (QED) is 0.658. The van der Waals surface area contributed by atoms with Crippen molar-refractivity contribution in [3.63, 3.8) is 0 Å². The summed E-state index contributed by atoms with van der Waals surface area (Å²) in [6.07, 6.45) is 4.69. The highest BCUT2D eigenvalue weighted by Crippen LogP contribution is 2.51. The molecule has 2 rings (SSSR count). The monoisotopic (exact) mass is 178 g/mol. The Hall–Kier alpha value is -0.560. The van der Waals surface area contributed by atoms with Gasteiger partial charge in [0.05, 0.1) is 0 Å². The van der Waals surface area contributed by atoms with Crippen LogP contribution >= 0.6 is 11.3 Å². The van der Waals surface area contributed by atoms with Gasteiger partial charge in [0, 0.05) is 9.75 Å². The van der Waals surface area contributed by atoms with Crippen LogP contribution < -0.4 is 0 Å². The molecule has 1 aromatic heterocycles. The minimum Gasteiger partial charge on any atom is -0.141 e. The van der Waals surface area contributed by atoms with Gasteiger partial charge in [-0.3, -0.25) is 0 Å². The van der Waals surface area contributed by atoms with Crippen molar-refractivity contribution >= 4 is 17.4 Å². The highest BCUT2D eigenvalue weighted by Gasteiger charge is 2.37. The third-order valence-electron chi connectivity index (χ3n) is 2.66. The van der Waals surface area contributed by atoms with Crippen LogP contribution in [0.4, 0.5) is 0 Å². The molecule has 1 aliphatic rings. The number of hydrogen-bond acceptors (Lipinski definition) is 1. The van der Waals surface area contributed by atoms with E-state index in [0.717, 1.165) is 11.8 Å². The van der Waals surface area contributed by atoms with Gasteiger partial charge >= 0.3 is 0 Å². The molecule has 1 saturated carbocycles. The maximum absolute atomic E-state index is 3.77. The minimum absolute atomic E-state index is 0.883. The van der Waals surface area contributed by atoms with Gasteiger partial charge in [0.25, 0.3) is 0 Å². The second kappa shape index (κ2) is 3.06. The molecule has 0 aromatic carbocycles. The second-order valence-corrected chi connectivity index (χ2v) is 4.60. The van der Waals surface area contributed by atoms with Crippen LogP contribution in [0.3, 0.4) is 0 Å². The smallest absolute Gasteiger partial charge is 0.0267 e. The lowest BCUT2D eigenvalue weighted by atomic mass is 10.2. The third kappa shape index (κ3) is 1.34. The molecule has 1 fully saturated rings. The van der Waals surface area contributed by atoms with Crippen LogP contribution in [0.2, 0.25) is 0 Å². The summed E-state index contributed by atoms with van der Waals surface area (Å²) in [7, 11) is 0. The van der Waals surface area contributed by atoms with Crippen molar-refractivity contribution in [2.45, 2.75) is 25.7 Å². The molecule has 64 valence electrons. The number of rotatable bonds is 3. The molecule has 0 radical (unpaired) electrons. The van der Waals surface area contributed by atoms with E-state index in [0.29, 0.717) is 0 Å². The van der Waals surface area contributed by atoms with Crippen LogP contribution in [0.15, 0.2) is 18.7 Å². The maximum atomic E-state index is 3.77. The molecule has 12 heavy (non-hydrogen) atoms. The Morgan fingerprint density at radius 3 is 3.00 bits per heavy atom. The molecular weight excluding hydrogens is 164 g/mol. The predicted octanol–water partition coefficient (Wildman–Crippen LogP) is 3.90. The van der Waals surface area contributed by atoms with E-state index < -0.39 is 0 Å². The standard InChI is InChI=1S/C11H14S/c1-3-8-7-10(8)11-6-5-9(4-2)12-11/h4-6,8,10H,2-3,7H2,1H3. The zero-order valence-electron chi connectivity index (χ0n) is 7.42. The summed E-state index contributed by atoms with van der Waals surface area (Å²) in [4.78, 5) is 2.88. The Balaban J connectivity index is 2.09. The molecule has 0 saturated heterocycles. The fourth-order valence-electron chi connectivity index (χ4n) is 1.72. The van der Waals surface area contributed by atoms with Gasteiger partial charge in [0.2, 0.25) is 0 Å². The molecule has 1 heteroatoms. The maximum Gasteiger partial charge on any atom is 0.0267 e. The SMILES string of the molecule is C=Cc1ccc(C2CC2CC)s1. The molecule has 0 N–H and O–H groups in total. The van der Waals surface area contributed by atoms with Crippen molar-refractivity contribution in [3.8, 4) is 0 Å². The van der Waals surface area contributed by atoms with Gasteiger partial charge in [0.15, 0.2) is 0 Å². The molecule has 0 bridgehead atoms. The van der Waals surface area contributed by atoms with Crippen molar-refractivity contribution in [2.24, 2.45) is 5.92 Å². The average Bonchev–Trinajstić information content (AvgIpc) is 2.75. The van der Waals surface area contributed by atoms with Gasteiger partial charge < -0.3 is 0 Å². The summed E-state index contributed by atoms with van der Waals surface area (Å²) in [6, 6.07) is 4.44. The van der Waals surface area contributed by atoms with Crippen molar-refractivity contribution in [1.82, 2.24) is 0 Å². The lowest BCUT2D eigenvalue weighted by molar-refractivity contribution is 0.770. The first-order valence-corrected chi connectivity index (χ1v) is 5.39. The lowest BCUT2D eigenvalue weighted by Gasteiger charge is -1.90. The van der Waals surface area contributed by atoms with Crippen LogP contribution in [0.5, 0.6) is 0 Å². The van der Waals surface area contributed by atoms with E-state index in [2.05, 4.69) is 25.6 Å². The Kier molecular flexibility index (Phi) is 2.05. The van der Waals surface area contributed by atoms with Gasteiger partial charge in [-0.1, -0.05) is 26.0 Å². The van der Waals surface area contributed by atoms with Crippen molar-refractivity contribution in [1.29, 1.82) is 0 Å². The van der Waals surface area contributed by atoms with Crippen molar-refractivity contribution in [2.75, 3.05) is 0 Å². The van der Waals surface area contributed by atoms with Gasteiger partial charge in [-0.2, -0.15) is 0 Å². The van der Waals surface area contributed by atoms with E-state index >= 15 is 0 Å². The van der Waals surface area contributed by atoms with Gasteiger partial charge in [-0.25, -0.2) is 0 Å². The van der Waals surface area contributed by atoms with E-state index in [9.17, 15) is 0 Å². The van der Waals surface area contributed by atoms with Crippen LogP contribution in [-0.4, -0.2) is 0 Å². The zero-order valence-corrected chi connectivity index (χ0v) is 8.23. The molecule has 2 unspecified atom stereocenters. The first kappa shape index (κ1) is 8.06. The van der Waals surface area contributed by atoms with E-state index in [1.165, 1.54) is 17.7 Å². The molecule has 1 heterocycles. The first-order valence-electron chi connectivity index (χ1n) is 4.57. The Morgan fingerprint density at radius 1 is 1.67 bits per heavy atom. The molecule has 0 aliphatic heterocycles. The summed E-state index contributed by atoms with van der Waals surface area (Å²) in [5, 5.41) is 0. The fourth-order valence-corrected chi connectivity index (χ4v) is 2.79. The summed E-state index contributed by atoms with van der Waals surface area (Å²) in [6.45, 7) is 6.06. The molecule has 0 spiro atoms. The number of hydrogen-bond donors (Lipinski definition) is 0. The summed E-state index contributed by atoms with van der Waals surface area (Å²) in [5.41, 5.74) is 0. The van der Waals surface area contributed by atoms with Crippen molar-refractivity contribution in [3.05, 3.63) is 28.5 Å². The van der Waals surface area contributed by atoms with Gasteiger partial charge in [-0.15, -0.1) is 11.3 Å². The molecule has 0 nitrogen and oxygen atoms in total. The van der Waals surface area contributed by atoms with Crippen LogP contribution in [0.25, 0.3) is 6.08 Å². The molecular formula is C11H14S. The second-order valence-electron chi connectivity index (χ2n) is 3.45. The Bertz CT molecular complexity index is 285. The normalized spacial score (nSPS) is 27.1.